The third-order valence-electron chi connectivity index (χ3n) is 5.55. The molecule has 1 fully saturated rings. The Kier molecular flexibility index (Phi) is 6.47. The smallest absolute Gasteiger partial charge is 0.278 e. The summed E-state index contributed by atoms with van der Waals surface area (Å²) >= 11 is 0. The summed E-state index contributed by atoms with van der Waals surface area (Å²) < 4.78 is 7.23. The van der Waals surface area contributed by atoms with Crippen LogP contribution in [0.3, 0.4) is 0 Å². The summed E-state index contributed by atoms with van der Waals surface area (Å²) in [6.45, 7) is 8.16. The highest BCUT2D eigenvalue weighted by Gasteiger charge is 2.24. The number of amides is 1. The van der Waals surface area contributed by atoms with E-state index < -0.39 is 4.92 Å². The number of hydrogen-bond acceptors (Lipinski definition) is 7. The molecule has 1 aliphatic rings. The number of carbonyl (C=O) groups is 1. The van der Waals surface area contributed by atoms with Crippen molar-refractivity contribution >= 4 is 17.3 Å². The van der Waals surface area contributed by atoms with Crippen LogP contribution < -0.4 is 5.32 Å². The van der Waals surface area contributed by atoms with Crippen molar-refractivity contribution < 1.29 is 14.5 Å². The third kappa shape index (κ3) is 5.07. The Balaban J connectivity index is 1.53. The first-order valence-electron chi connectivity index (χ1n) is 10.8. The number of ether oxygens (including phenoxy) is 1. The van der Waals surface area contributed by atoms with E-state index in [0.717, 1.165) is 18.7 Å². The van der Waals surface area contributed by atoms with E-state index >= 15 is 0 Å². The molecule has 3 aromatic rings. The van der Waals surface area contributed by atoms with E-state index in [-0.39, 0.29) is 29.5 Å². The van der Waals surface area contributed by atoms with E-state index in [2.05, 4.69) is 34.4 Å². The van der Waals surface area contributed by atoms with E-state index in [0.29, 0.717) is 23.6 Å². The minimum atomic E-state index is -0.476. The molecule has 0 bridgehead atoms. The molecule has 10 nitrogen and oxygen atoms in total. The molecule has 1 saturated heterocycles. The molecule has 2 atom stereocenters. The van der Waals surface area contributed by atoms with Gasteiger partial charge in [0, 0.05) is 37.5 Å². The fourth-order valence-electron chi connectivity index (χ4n) is 4.14. The van der Waals surface area contributed by atoms with Crippen LogP contribution >= 0.6 is 0 Å². The highest BCUT2D eigenvalue weighted by Crippen LogP contribution is 2.22. The second kappa shape index (κ2) is 9.47. The fraction of sp³-hybridized carbons (Fsp3) is 0.348. The van der Waals surface area contributed by atoms with Gasteiger partial charge in [-0.3, -0.25) is 19.8 Å². The van der Waals surface area contributed by atoms with Gasteiger partial charge in [-0.2, -0.15) is 0 Å². The number of rotatable bonds is 6. The van der Waals surface area contributed by atoms with Gasteiger partial charge in [-0.1, -0.05) is 29.5 Å². The number of nitrogens with one attached hydrogen (secondary N) is 1. The van der Waals surface area contributed by atoms with Gasteiger partial charge in [-0.15, -0.1) is 5.10 Å². The second-order valence-corrected chi connectivity index (χ2v) is 8.27. The molecule has 2 aromatic carbocycles. The second-order valence-electron chi connectivity index (χ2n) is 8.27. The standard InChI is InChI=1S/C23H26N6O4/c1-15-12-27(13-16(2)33-15)14-18-7-4-5-10-21(18)24-23(30)22-17(3)28(26-25-22)19-8-6-9-20(11-19)29(31)32/h4-11,15-16H,12-14H2,1-3H3,(H,24,30). The molecule has 0 saturated carbocycles. The molecule has 1 aliphatic heterocycles. The van der Waals surface area contributed by atoms with Crippen molar-refractivity contribution in [2.75, 3.05) is 18.4 Å². The number of morpholine rings is 1. The van der Waals surface area contributed by atoms with Gasteiger partial charge in [0.2, 0.25) is 0 Å². The van der Waals surface area contributed by atoms with E-state index in [1.165, 1.54) is 16.8 Å². The summed E-state index contributed by atoms with van der Waals surface area (Å²) in [6.07, 6.45) is 0.309. The maximum atomic E-state index is 13.0. The normalized spacial score (nSPS) is 18.8. The summed E-state index contributed by atoms with van der Waals surface area (Å²) in [5, 5.41) is 22.1. The van der Waals surface area contributed by atoms with Crippen molar-refractivity contribution in [3.05, 3.63) is 75.6 Å². The van der Waals surface area contributed by atoms with Gasteiger partial charge in [-0.25, -0.2) is 4.68 Å². The Morgan fingerprint density at radius 1 is 1.18 bits per heavy atom. The Hall–Kier alpha value is -3.63. The number of anilines is 1. The van der Waals surface area contributed by atoms with Gasteiger partial charge in [0.05, 0.1) is 28.5 Å². The molecule has 2 unspecified atom stereocenters. The maximum absolute atomic E-state index is 13.0. The van der Waals surface area contributed by atoms with Crippen LogP contribution in [0.4, 0.5) is 11.4 Å². The van der Waals surface area contributed by atoms with Gasteiger partial charge >= 0.3 is 0 Å². The summed E-state index contributed by atoms with van der Waals surface area (Å²) in [7, 11) is 0. The molecule has 33 heavy (non-hydrogen) atoms. The zero-order valence-electron chi connectivity index (χ0n) is 18.8. The minimum absolute atomic E-state index is 0.0610. The average Bonchev–Trinajstić information content (AvgIpc) is 3.16. The Labute approximate surface area is 191 Å². The number of non-ortho nitro benzene ring substituents is 1. The fourth-order valence-corrected chi connectivity index (χ4v) is 4.14. The van der Waals surface area contributed by atoms with Gasteiger partial charge in [0.15, 0.2) is 5.69 Å². The molecule has 0 aliphatic carbocycles. The lowest BCUT2D eigenvalue weighted by Crippen LogP contribution is -2.44. The lowest BCUT2D eigenvalue weighted by molar-refractivity contribution is -0.384. The summed E-state index contributed by atoms with van der Waals surface area (Å²) in [5.74, 6) is -0.389. The van der Waals surface area contributed by atoms with Gasteiger partial charge < -0.3 is 10.1 Å². The number of para-hydroxylation sites is 1. The number of benzene rings is 2. The van der Waals surface area contributed by atoms with Crippen LogP contribution in [0, 0.1) is 17.0 Å². The molecule has 10 heteroatoms. The molecule has 172 valence electrons. The molecule has 4 rings (SSSR count). The van der Waals surface area contributed by atoms with Crippen LogP contribution in [0.25, 0.3) is 5.69 Å². The topological polar surface area (TPSA) is 115 Å². The molecule has 2 heterocycles. The number of nitro benzene ring substituents is 1. The predicted molar refractivity (Wildman–Crippen MR) is 122 cm³/mol. The van der Waals surface area contributed by atoms with Crippen LogP contribution in [-0.2, 0) is 11.3 Å². The lowest BCUT2D eigenvalue weighted by Gasteiger charge is -2.35. The Bertz CT molecular complexity index is 1170. The van der Waals surface area contributed by atoms with Crippen LogP contribution in [0.5, 0.6) is 0 Å². The zero-order chi connectivity index (χ0) is 23.5. The average molecular weight is 450 g/mol. The first-order valence-corrected chi connectivity index (χ1v) is 10.8. The number of carbonyl (C=O) groups excluding carboxylic acids is 1. The first kappa shape index (κ1) is 22.6. The Morgan fingerprint density at radius 3 is 2.64 bits per heavy atom. The van der Waals surface area contributed by atoms with Crippen LogP contribution in [0.15, 0.2) is 48.5 Å². The summed E-state index contributed by atoms with van der Waals surface area (Å²) in [5.41, 5.74) is 2.75. The quantitative estimate of drug-likeness (QED) is 0.452. The highest BCUT2D eigenvalue weighted by molar-refractivity contribution is 6.04. The van der Waals surface area contributed by atoms with Gasteiger partial charge in [-0.05, 0) is 38.5 Å². The lowest BCUT2D eigenvalue weighted by atomic mass is 10.1. The van der Waals surface area contributed by atoms with Crippen LogP contribution in [0.1, 0.15) is 35.6 Å². The van der Waals surface area contributed by atoms with Crippen molar-refractivity contribution in [1.82, 2.24) is 19.9 Å². The van der Waals surface area contributed by atoms with Gasteiger partial charge in [0.25, 0.3) is 11.6 Å². The Morgan fingerprint density at radius 2 is 1.91 bits per heavy atom. The van der Waals surface area contributed by atoms with Crippen LogP contribution in [0.2, 0.25) is 0 Å². The highest BCUT2D eigenvalue weighted by atomic mass is 16.6. The molecule has 0 radical (unpaired) electrons. The number of nitro groups is 1. The molecule has 1 N–H and O–H groups in total. The molecule has 1 amide bonds. The van der Waals surface area contributed by atoms with Crippen molar-refractivity contribution in [1.29, 1.82) is 0 Å². The van der Waals surface area contributed by atoms with Crippen molar-refractivity contribution in [2.24, 2.45) is 0 Å². The minimum Gasteiger partial charge on any atom is -0.373 e. The summed E-state index contributed by atoms with van der Waals surface area (Å²) in [4.78, 5) is 26.0. The van der Waals surface area contributed by atoms with Crippen LogP contribution in [-0.4, -0.2) is 56.0 Å². The zero-order valence-corrected chi connectivity index (χ0v) is 18.8. The van der Waals surface area contributed by atoms with E-state index in [4.69, 9.17) is 4.74 Å². The van der Waals surface area contributed by atoms with Gasteiger partial charge in [0.1, 0.15) is 0 Å². The van der Waals surface area contributed by atoms with E-state index in [1.54, 1.807) is 19.1 Å². The number of nitrogens with zero attached hydrogens (tertiary/aromatic N) is 5. The molecular weight excluding hydrogens is 424 g/mol. The van der Waals surface area contributed by atoms with Crippen molar-refractivity contribution in [3.8, 4) is 5.69 Å². The van der Waals surface area contributed by atoms with Crippen molar-refractivity contribution in [3.63, 3.8) is 0 Å². The first-order chi connectivity index (χ1) is 15.8. The number of hydrogen-bond donors (Lipinski definition) is 1. The SMILES string of the molecule is Cc1c(C(=O)Nc2ccccc2CN2CC(C)OC(C)C2)nnn1-c1cccc([N+](=O)[O-])c1. The maximum Gasteiger partial charge on any atom is 0.278 e. The monoisotopic (exact) mass is 450 g/mol. The van der Waals surface area contributed by atoms with Crippen molar-refractivity contribution in [2.45, 2.75) is 39.5 Å². The molecule has 0 spiro atoms. The largest absolute Gasteiger partial charge is 0.373 e. The summed E-state index contributed by atoms with van der Waals surface area (Å²) in [6, 6.07) is 13.7. The number of aromatic nitrogens is 3. The molecule has 1 aromatic heterocycles. The predicted octanol–water partition coefficient (Wildman–Crippen LogP) is 3.35. The van der Waals surface area contributed by atoms with E-state index in [9.17, 15) is 14.9 Å². The molecular formula is C23H26N6O4. The third-order valence-corrected chi connectivity index (χ3v) is 5.55. The van der Waals surface area contributed by atoms with E-state index in [1.807, 2.05) is 24.3 Å².